The Morgan fingerprint density at radius 2 is 2.11 bits per heavy atom. The molecule has 18 heavy (non-hydrogen) atoms. The molecule has 0 bridgehead atoms. The van der Waals surface area contributed by atoms with Crippen LogP contribution in [0.15, 0.2) is 24.3 Å². The number of aryl methyl sites for hydroxylation is 1. The third kappa shape index (κ3) is 4.02. The molecule has 2 heteroatoms. The zero-order chi connectivity index (χ0) is 12.8. The Bertz CT molecular complexity index is 358. The number of benzene rings is 1. The molecular formula is C16H25NO. The molecule has 1 unspecified atom stereocenters. The number of hydrogen-bond donors (Lipinski definition) is 1. The third-order valence-electron chi connectivity index (χ3n) is 3.74. The predicted molar refractivity (Wildman–Crippen MR) is 76.1 cm³/mol. The van der Waals surface area contributed by atoms with Crippen LogP contribution in [0.25, 0.3) is 0 Å². The maximum absolute atomic E-state index is 6.04. The molecular weight excluding hydrogens is 222 g/mol. The standard InChI is InChI=1S/C16H25NO/c1-3-15(12-17-14-8-4-5-9-14)18-16-10-6-7-13(2)11-16/h6-7,10-11,14-15,17H,3-5,8-9,12H2,1-2H3. The lowest BCUT2D eigenvalue weighted by atomic mass is 10.2. The Kier molecular flexibility index (Phi) is 5.06. The Morgan fingerprint density at radius 1 is 1.33 bits per heavy atom. The van der Waals surface area contributed by atoms with Gasteiger partial charge in [-0.2, -0.15) is 0 Å². The maximum Gasteiger partial charge on any atom is 0.120 e. The zero-order valence-electron chi connectivity index (χ0n) is 11.6. The van der Waals surface area contributed by atoms with E-state index in [9.17, 15) is 0 Å². The van der Waals surface area contributed by atoms with Crippen LogP contribution < -0.4 is 10.1 Å². The molecule has 1 fully saturated rings. The first-order valence-electron chi connectivity index (χ1n) is 7.24. The van der Waals surface area contributed by atoms with Crippen molar-refractivity contribution in [1.82, 2.24) is 5.32 Å². The van der Waals surface area contributed by atoms with Gasteiger partial charge in [0, 0.05) is 12.6 Å². The van der Waals surface area contributed by atoms with E-state index in [2.05, 4.69) is 37.4 Å². The highest BCUT2D eigenvalue weighted by Gasteiger charge is 2.16. The fraction of sp³-hybridized carbons (Fsp3) is 0.625. The van der Waals surface area contributed by atoms with Crippen molar-refractivity contribution >= 4 is 0 Å². The summed E-state index contributed by atoms with van der Waals surface area (Å²) < 4.78 is 6.04. The second-order valence-corrected chi connectivity index (χ2v) is 5.35. The van der Waals surface area contributed by atoms with Crippen molar-refractivity contribution in [2.45, 2.75) is 58.1 Å². The minimum absolute atomic E-state index is 0.285. The van der Waals surface area contributed by atoms with Gasteiger partial charge in [0.1, 0.15) is 11.9 Å². The molecule has 0 amide bonds. The maximum atomic E-state index is 6.04. The quantitative estimate of drug-likeness (QED) is 0.828. The summed E-state index contributed by atoms with van der Waals surface area (Å²) in [5.41, 5.74) is 1.26. The first-order valence-corrected chi connectivity index (χ1v) is 7.24. The van der Waals surface area contributed by atoms with Crippen molar-refractivity contribution in [3.63, 3.8) is 0 Å². The third-order valence-corrected chi connectivity index (χ3v) is 3.74. The van der Waals surface area contributed by atoms with Crippen LogP contribution in [0.4, 0.5) is 0 Å². The van der Waals surface area contributed by atoms with Crippen LogP contribution >= 0.6 is 0 Å². The predicted octanol–water partition coefficient (Wildman–Crippen LogP) is 3.68. The summed E-state index contributed by atoms with van der Waals surface area (Å²) in [4.78, 5) is 0. The molecule has 0 radical (unpaired) electrons. The monoisotopic (exact) mass is 247 g/mol. The Morgan fingerprint density at radius 3 is 2.78 bits per heavy atom. The molecule has 0 aromatic heterocycles. The largest absolute Gasteiger partial charge is 0.489 e. The van der Waals surface area contributed by atoms with Gasteiger partial charge in [0.15, 0.2) is 0 Å². The lowest BCUT2D eigenvalue weighted by Gasteiger charge is -2.21. The second-order valence-electron chi connectivity index (χ2n) is 5.35. The molecule has 1 aromatic rings. The molecule has 100 valence electrons. The van der Waals surface area contributed by atoms with Crippen molar-refractivity contribution in [2.75, 3.05) is 6.54 Å². The van der Waals surface area contributed by atoms with Crippen LogP contribution in [0.5, 0.6) is 5.75 Å². The second kappa shape index (κ2) is 6.79. The zero-order valence-corrected chi connectivity index (χ0v) is 11.6. The molecule has 2 nitrogen and oxygen atoms in total. The number of rotatable bonds is 6. The summed E-state index contributed by atoms with van der Waals surface area (Å²) in [5.74, 6) is 0.995. The normalized spacial score (nSPS) is 17.9. The van der Waals surface area contributed by atoms with Crippen molar-refractivity contribution in [1.29, 1.82) is 0 Å². The number of nitrogens with one attached hydrogen (secondary N) is 1. The van der Waals surface area contributed by atoms with Crippen LogP contribution in [0.1, 0.15) is 44.6 Å². The van der Waals surface area contributed by atoms with Gasteiger partial charge in [-0.3, -0.25) is 0 Å². The highest BCUT2D eigenvalue weighted by Crippen LogP contribution is 2.19. The van der Waals surface area contributed by atoms with Crippen molar-refractivity contribution in [2.24, 2.45) is 0 Å². The Labute approximate surface area is 111 Å². The molecule has 1 aromatic carbocycles. The molecule has 1 aliphatic carbocycles. The summed E-state index contributed by atoms with van der Waals surface area (Å²) >= 11 is 0. The highest BCUT2D eigenvalue weighted by atomic mass is 16.5. The van der Waals surface area contributed by atoms with E-state index in [0.717, 1.165) is 24.8 Å². The molecule has 1 saturated carbocycles. The first-order chi connectivity index (χ1) is 8.78. The fourth-order valence-electron chi connectivity index (χ4n) is 2.58. The Balaban J connectivity index is 1.81. The number of hydrogen-bond acceptors (Lipinski definition) is 2. The van der Waals surface area contributed by atoms with Gasteiger partial charge in [0.25, 0.3) is 0 Å². The van der Waals surface area contributed by atoms with Crippen molar-refractivity contribution < 1.29 is 4.74 Å². The van der Waals surface area contributed by atoms with E-state index in [1.807, 2.05) is 6.07 Å². The van der Waals surface area contributed by atoms with Gasteiger partial charge in [-0.25, -0.2) is 0 Å². The van der Waals surface area contributed by atoms with Crippen molar-refractivity contribution in [3.05, 3.63) is 29.8 Å². The van der Waals surface area contributed by atoms with Gasteiger partial charge in [0.2, 0.25) is 0 Å². The average molecular weight is 247 g/mol. The summed E-state index contributed by atoms with van der Waals surface area (Å²) in [7, 11) is 0. The SMILES string of the molecule is CCC(CNC1CCCC1)Oc1cccc(C)c1. The van der Waals surface area contributed by atoms with E-state index in [1.165, 1.54) is 31.2 Å². The van der Waals surface area contributed by atoms with Gasteiger partial charge in [-0.1, -0.05) is 31.9 Å². The van der Waals surface area contributed by atoms with E-state index in [0.29, 0.717) is 0 Å². The van der Waals surface area contributed by atoms with Crippen LogP contribution in [0.3, 0.4) is 0 Å². The van der Waals surface area contributed by atoms with Gasteiger partial charge in [0.05, 0.1) is 0 Å². The van der Waals surface area contributed by atoms with Crippen LogP contribution in [-0.2, 0) is 0 Å². The van der Waals surface area contributed by atoms with Crippen LogP contribution in [-0.4, -0.2) is 18.7 Å². The van der Waals surface area contributed by atoms with E-state index in [-0.39, 0.29) is 6.10 Å². The van der Waals surface area contributed by atoms with E-state index in [4.69, 9.17) is 4.74 Å². The van der Waals surface area contributed by atoms with Gasteiger partial charge >= 0.3 is 0 Å². The molecule has 1 atom stereocenters. The molecule has 0 saturated heterocycles. The lowest BCUT2D eigenvalue weighted by molar-refractivity contribution is 0.188. The molecule has 0 aliphatic heterocycles. The molecule has 0 spiro atoms. The molecule has 1 N–H and O–H groups in total. The molecule has 2 rings (SSSR count). The average Bonchev–Trinajstić information content (AvgIpc) is 2.87. The van der Waals surface area contributed by atoms with E-state index >= 15 is 0 Å². The van der Waals surface area contributed by atoms with Crippen molar-refractivity contribution in [3.8, 4) is 5.75 Å². The summed E-state index contributed by atoms with van der Waals surface area (Å²) in [6.45, 7) is 5.26. The van der Waals surface area contributed by atoms with Gasteiger partial charge in [-0.15, -0.1) is 0 Å². The van der Waals surface area contributed by atoms with E-state index in [1.54, 1.807) is 0 Å². The topological polar surface area (TPSA) is 21.3 Å². The fourth-order valence-corrected chi connectivity index (χ4v) is 2.58. The molecule has 1 aliphatic rings. The van der Waals surface area contributed by atoms with Gasteiger partial charge < -0.3 is 10.1 Å². The minimum Gasteiger partial charge on any atom is -0.489 e. The lowest BCUT2D eigenvalue weighted by Crippen LogP contribution is -2.36. The Hall–Kier alpha value is -1.02. The van der Waals surface area contributed by atoms with Crippen LogP contribution in [0, 0.1) is 6.92 Å². The summed E-state index contributed by atoms with van der Waals surface area (Å²) in [6, 6.07) is 9.04. The summed E-state index contributed by atoms with van der Waals surface area (Å²) in [5, 5.41) is 3.64. The number of ether oxygens (including phenoxy) is 1. The highest BCUT2D eigenvalue weighted by molar-refractivity contribution is 5.27. The summed E-state index contributed by atoms with van der Waals surface area (Å²) in [6.07, 6.45) is 6.77. The van der Waals surface area contributed by atoms with E-state index < -0.39 is 0 Å². The minimum atomic E-state index is 0.285. The first kappa shape index (κ1) is 13.4. The van der Waals surface area contributed by atoms with Gasteiger partial charge in [-0.05, 0) is 43.9 Å². The molecule has 0 heterocycles. The smallest absolute Gasteiger partial charge is 0.120 e. The van der Waals surface area contributed by atoms with Crippen LogP contribution in [0.2, 0.25) is 0 Å².